The molecule has 8 heteroatoms. The van der Waals surface area contributed by atoms with Crippen LogP contribution in [0.5, 0.6) is 0 Å². The summed E-state index contributed by atoms with van der Waals surface area (Å²) in [5.74, 6) is 0.393. The molecular formula is C18H16N4O4. The summed E-state index contributed by atoms with van der Waals surface area (Å²) in [4.78, 5) is 25.3. The zero-order chi connectivity index (χ0) is 18.1. The standard InChI is InChI=1S/C18H16N4O4/c23-18(20-8-1-2-9-20)16-12-15(17-7-4-10-26-17)19-21(16)13-5-3-6-14(11-13)22(24)25/h3-7,10-12H,1-2,8-9H2. The fourth-order valence-electron chi connectivity index (χ4n) is 3.10. The highest BCUT2D eigenvalue weighted by atomic mass is 16.6. The zero-order valence-electron chi connectivity index (χ0n) is 13.9. The molecule has 0 bridgehead atoms. The van der Waals surface area contributed by atoms with Crippen molar-refractivity contribution in [3.05, 3.63) is 64.5 Å². The summed E-state index contributed by atoms with van der Waals surface area (Å²) in [6, 6.07) is 11.2. The van der Waals surface area contributed by atoms with Gasteiger partial charge in [0.05, 0.1) is 16.9 Å². The van der Waals surface area contributed by atoms with Crippen LogP contribution in [0.3, 0.4) is 0 Å². The van der Waals surface area contributed by atoms with E-state index in [1.54, 1.807) is 35.2 Å². The van der Waals surface area contributed by atoms with Gasteiger partial charge in [-0.3, -0.25) is 14.9 Å². The van der Waals surface area contributed by atoms with Crippen molar-refractivity contribution in [1.82, 2.24) is 14.7 Å². The molecule has 3 aromatic rings. The Kier molecular flexibility index (Phi) is 4.00. The number of furan rings is 1. The first-order chi connectivity index (χ1) is 12.6. The number of hydrogen-bond acceptors (Lipinski definition) is 5. The van der Waals surface area contributed by atoms with Crippen LogP contribution >= 0.6 is 0 Å². The number of non-ortho nitro benzene ring substituents is 1. The van der Waals surface area contributed by atoms with E-state index in [0.717, 1.165) is 12.8 Å². The minimum absolute atomic E-state index is 0.0582. The molecule has 8 nitrogen and oxygen atoms in total. The molecule has 1 saturated heterocycles. The summed E-state index contributed by atoms with van der Waals surface area (Å²) in [6.07, 6.45) is 3.48. The van der Waals surface area contributed by atoms with E-state index in [1.165, 1.54) is 23.1 Å². The molecule has 0 atom stereocenters. The van der Waals surface area contributed by atoms with Crippen LogP contribution in [-0.2, 0) is 0 Å². The Hall–Kier alpha value is -3.42. The number of carbonyl (C=O) groups is 1. The molecule has 1 aliphatic rings. The molecule has 3 heterocycles. The van der Waals surface area contributed by atoms with Gasteiger partial charge in [-0.05, 0) is 31.0 Å². The summed E-state index contributed by atoms with van der Waals surface area (Å²) in [5, 5.41) is 15.6. The van der Waals surface area contributed by atoms with Gasteiger partial charge >= 0.3 is 0 Å². The molecule has 4 rings (SSSR count). The third-order valence-corrected chi connectivity index (χ3v) is 4.38. The maximum Gasteiger partial charge on any atom is 0.272 e. The van der Waals surface area contributed by atoms with Crippen LogP contribution < -0.4 is 0 Å². The number of likely N-dealkylation sites (tertiary alicyclic amines) is 1. The third-order valence-electron chi connectivity index (χ3n) is 4.38. The van der Waals surface area contributed by atoms with E-state index in [0.29, 0.717) is 35.9 Å². The average molecular weight is 352 g/mol. The van der Waals surface area contributed by atoms with E-state index in [9.17, 15) is 14.9 Å². The number of rotatable bonds is 4. The smallest absolute Gasteiger partial charge is 0.272 e. The van der Waals surface area contributed by atoms with Crippen molar-refractivity contribution >= 4 is 11.6 Å². The van der Waals surface area contributed by atoms with Crippen molar-refractivity contribution in [3.63, 3.8) is 0 Å². The van der Waals surface area contributed by atoms with Gasteiger partial charge in [0.25, 0.3) is 11.6 Å². The minimum atomic E-state index is -0.470. The maximum atomic E-state index is 12.9. The van der Waals surface area contributed by atoms with Gasteiger partial charge in [-0.1, -0.05) is 6.07 Å². The Morgan fingerprint density at radius 1 is 1.15 bits per heavy atom. The van der Waals surface area contributed by atoms with Gasteiger partial charge in [-0.25, -0.2) is 4.68 Å². The second kappa shape index (κ2) is 6.47. The zero-order valence-corrected chi connectivity index (χ0v) is 13.9. The second-order valence-electron chi connectivity index (χ2n) is 6.08. The molecular weight excluding hydrogens is 336 g/mol. The van der Waals surface area contributed by atoms with Gasteiger partial charge in [0.2, 0.25) is 0 Å². The maximum absolute atomic E-state index is 12.9. The van der Waals surface area contributed by atoms with Crippen LogP contribution in [-0.4, -0.2) is 38.6 Å². The molecule has 0 spiro atoms. The fourth-order valence-corrected chi connectivity index (χ4v) is 3.10. The summed E-state index contributed by atoms with van der Waals surface area (Å²) >= 11 is 0. The van der Waals surface area contributed by atoms with Gasteiger partial charge < -0.3 is 9.32 Å². The van der Waals surface area contributed by atoms with Crippen molar-refractivity contribution < 1.29 is 14.1 Å². The molecule has 1 aromatic carbocycles. The lowest BCUT2D eigenvalue weighted by molar-refractivity contribution is -0.384. The van der Waals surface area contributed by atoms with Crippen LogP contribution in [0.25, 0.3) is 17.1 Å². The number of amides is 1. The van der Waals surface area contributed by atoms with Crippen molar-refractivity contribution in [3.8, 4) is 17.1 Å². The average Bonchev–Trinajstić information content (AvgIpc) is 3.42. The molecule has 0 aliphatic carbocycles. The first-order valence-corrected chi connectivity index (χ1v) is 8.31. The van der Waals surface area contributed by atoms with Gasteiger partial charge in [-0.15, -0.1) is 0 Å². The van der Waals surface area contributed by atoms with Crippen LogP contribution in [0, 0.1) is 10.1 Å². The molecule has 0 unspecified atom stereocenters. The number of nitrogens with zero attached hydrogens (tertiary/aromatic N) is 4. The highest BCUT2D eigenvalue weighted by Crippen LogP contribution is 2.25. The third kappa shape index (κ3) is 2.85. The summed E-state index contributed by atoms with van der Waals surface area (Å²) in [5.41, 5.74) is 1.26. The van der Waals surface area contributed by atoms with Crippen molar-refractivity contribution in [2.45, 2.75) is 12.8 Å². The molecule has 2 aromatic heterocycles. The minimum Gasteiger partial charge on any atom is -0.463 e. The van der Waals surface area contributed by atoms with Crippen molar-refractivity contribution in [2.24, 2.45) is 0 Å². The molecule has 0 saturated carbocycles. The van der Waals surface area contributed by atoms with Gasteiger partial charge in [0.1, 0.15) is 11.4 Å². The van der Waals surface area contributed by atoms with E-state index < -0.39 is 4.92 Å². The normalized spacial score (nSPS) is 13.9. The Bertz CT molecular complexity index is 955. The number of aromatic nitrogens is 2. The fraction of sp³-hybridized carbons (Fsp3) is 0.222. The summed E-state index contributed by atoms with van der Waals surface area (Å²) in [6.45, 7) is 1.41. The predicted molar refractivity (Wildman–Crippen MR) is 93.1 cm³/mol. The molecule has 1 amide bonds. The molecule has 26 heavy (non-hydrogen) atoms. The Morgan fingerprint density at radius 2 is 1.96 bits per heavy atom. The first-order valence-electron chi connectivity index (χ1n) is 8.31. The molecule has 1 fully saturated rings. The molecule has 0 N–H and O–H groups in total. The molecule has 1 aliphatic heterocycles. The highest BCUT2D eigenvalue weighted by Gasteiger charge is 2.25. The number of nitro benzene ring substituents is 1. The number of nitro groups is 1. The van der Waals surface area contributed by atoms with Crippen molar-refractivity contribution in [1.29, 1.82) is 0 Å². The van der Waals surface area contributed by atoms with Crippen LogP contribution in [0.4, 0.5) is 5.69 Å². The first kappa shape index (κ1) is 16.1. The predicted octanol–water partition coefficient (Wildman–Crippen LogP) is 3.28. The SMILES string of the molecule is O=C(c1cc(-c2ccco2)nn1-c1cccc([N+](=O)[O-])c1)N1CCCC1. The van der Waals surface area contributed by atoms with Crippen LogP contribution in [0.15, 0.2) is 53.1 Å². The monoisotopic (exact) mass is 352 g/mol. The number of benzene rings is 1. The molecule has 0 radical (unpaired) electrons. The summed E-state index contributed by atoms with van der Waals surface area (Å²) in [7, 11) is 0. The van der Waals surface area contributed by atoms with E-state index in [-0.39, 0.29) is 11.6 Å². The Morgan fingerprint density at radius 3 is 2.65 bits per heavy atom. The van der Waals surface area contributed by atoms with Crippen LogP contribution in [0.1, 0.15) is 23.3 Å². The van der Waals surface area contributed by atoms with Gasteiger partial charge in [0, 0.05) is 31.3 Å². The molecule has 132 valence electrons. The Labute approximate surface area is 148 Å². The van der Waals surface area contributed by atoms with Crippen molar-refractivity contribution in [2.75, 3.05) is 13.1 Å². The highest BCUT2D eigenvalue weighted by molar-refractivity contribution is 5.94. The number of carbonyl (C=O) groups excluding carboxylic acids is 1. The van der Waals surface area contributed by atoms with E-state index in [2.05, 4.69) is 5.10 Å². The lowest BCUT2D eigenvalue weighted by Crippen LogP contribution is -2.29. The van der Waals surface area contributed by atoms with E-state index in [1.807, 2.05) is 0 Å². The number of hydrogen-bond donors (Lipinski definition) is 0. The largest absolute Gasteiger partial charge is 0.463 e. The van der Waals surface area contributed by atoms with Gasteiger partial charge in [-0.2, -0.15) is 5.10 Å². The Balaban J connectivity index is 1.82. The van der Waals surface area contributed by atoms with E-state index in [4.69, 9.17) is 4.42 Å². The lowest BCUT2D eigenvalue weighted by Gasteiger charge is -2.15. The quantitative estimate of drug-likeness (QED) is 0.530. The topological polar surface area (TPSA) is 94.4 Å². The lowest BCUT2D eigenvalue weighted by atomic mass is 10.2. The summed E-state index contributed by atoms with van der Waals surface area (Å²) < 4.78 is 6.83. The van der Waals surface area contributed by atoms with Crippen LogP contribution in [0.2, 0.25) is 0 Å². The van der Waals surface area contributed by atoms with Gasteiger partial charge in [0.15, 0.2) is 5.76 Å². The second-order valence-corrected chi connectivity index (χ2v) is 6.08. The van der Waals surface area contributed by atoms with E-state index >= 15 is 0 Å².